The van der Waals surface area contributed by atoms with Gasteiger partial charge in [0.15, 0.2) is 0 Å². The third kappa shape index (κ3) is 2.06. The van der Waals surface area contributed by atoms with E-state index in [-0.39, 0.29) is 24.6 Å². The van der Waals surface area contributed by atoms with Crippen molar-refractivity contribution in [3.05, 3.63) is 29.8 Å². The SMILES string of the molecule is CC(C)N1C(=O)C(N2CC(CN)OC2=O)c2ccccc21. The fraction of sp³-hybridized carbons (Fsp3) is 0.467. The molecule has 3 rings (SSSR count). The van der Waals surface area contributed by atoms with Gasteiger partial charge in [-0.25, -0.2) is 4.79 Å². The molecule has 0 aromatic heterocycles. The number of cyclic esters (lactones) is 1. The number of hydrogen-bond donors (Lipinski definition) is 1. The van der Waals surface area contributed by atoms with Crippen molar-refractivity contribution in [2.75, 3.05) is 18.0 Å². The topological polar surface area (TPSA) is 75.9 Å². The zero-order valence-electron chi connectivity index (χ0n) is 12.2. The van der Waals surface area contributed by atoms with Gasteiger partial charge in [0.1, 0.15) is 12.1 Å². The highest BCUT2D eigenvalue weighted by atomic mass is 16.6. The molecule has 2 N–H and O–H groups in total. The summed E-state index contributed by atoms with van der Waals surface area (Å²) in [6.45, 7) is 4.54. The van der Waals surface area contributed by atoms with E-state index in [4.69, 9.17) is 10.5 Å². The number of fused-ring (bicyclic) bond motifs is 1. The van der Waals surface area contributed by atoms with Crippen molar-refractivity contribution in [1.82, 2.24) is 4.90 Å². The summed E-state index contributed by atoms with van der Waals surface area (Å²) in [5, 5.41) is 0. The number of hydrogen-bond acceptors (Lipinski definition) is 4. The summed E-state index contributed by atoms with van der Waals surface area (Å²) in [4.78, 5) is 28.0. The van der Waals surface area contributed by atoms with Crippen LogP contribution in [0.25, 0.3) is 0 Å². The average Bonchev–Trinajstić information content (AvgIpc) is 2.95. The molecule has 1 saturated heterocycles. The highest BCUT2D eigenvalue weighted by molar-refractivity contribution is 6.06. The van der Waals surface area contributed by atoms with Gasteiger partial charge in [-0.1, -0.05) is 18.2 Å². The number of amides is 2. The lowest BCUT2D eigenvalue weighted by Crippen LogP contribution is -2.41. The minimum absolute atomic E-state index is 0.0348. The lowest BCUT2D eigenvalue weighted by Gasteiger charge is -2.24. The molecule has 0 aliphatic carbocycles. The molecular formula is C15H19N3O3. The quantitative estimate of drug-likeness (QED) is 0.909. The van der Waals surface area contributed by atoms with E-state index < -0.39 is 12.1 Å². The minimum atomic E-state index is -0.604. The molecule has 1 fully saturated rings. The molecule has 2 aliphatic heterocycles. The Morgan fingerprint density at radius 3 is 2.67 bits per heavy atom. The second-order valence-electron chi connectivity index (χ2n) is 5.66. The molecule has 2 atom stereocenters. The van der Waals surface area contributed by atoms with Gasteiger partial charge in [0.25, 0.3) is 5.91 Å². The van der Waals surface area contributed by atoms with Crippen LogP contribution in [0, 0.1) is 0 Å². The zero-order valence-corrected chi connectivity index (χ0v) is 12.2. The van der Waals surface area contributed by atoms with Crippen LogP contribution >= 0.6 is 0 Å². The van der Waals surface area contributed by atoms with E-state index in [0.717, 1.165) is 11.3 Å². The molecule has 2 heterocycles. The zero-order chi connectivity index (χ0) is 15.1. The second kappa shape index (κ2) is 5.04. The normalized spacial score (nSPS) is 24.8. The maximum atomic E-state index is 12.8. The van der Waals surface area contributed by atoms with Crippen LogP contribution in [0.2, 0.25) is 0 Å². The van der Waals surface area contributed by atoms with Gasteiger partial charge < -0.3 is 15.4 Å². The molecule has 1 aromatic carbocycles. The molecule has 21 heavy (non-hydrogen) atoms. The number of carbonyl (C=O) groups excluding carboxylic acids is 2. The Labute approximate surface area is 123 Å². The third-order valence-corrected chi connectivity index (χ3v) is 3.96. The molecule has 6 nitrogen and oxygen atoms in total. The molecule has 2 unspecified atom stereocenters. The summed E-state index contributed by atoms with van der Waals surface area (Å²) in [5.74, 6) is -0.0826. The smallest absolute Gasteiger partial charge is 0.411 e. The van der Waals surface area contributed by atoms with Gasteiger partial charge in [-0.05, 0) is 19.9 Å². The number of ether oxygens (including phenoxy) is 1. The largest absolute Gasteiger partial charge is 0.443 e. The lowest BCUT2D eigenvalue weighted by atomic mass is 10.1. The summed E-state index contributed by atoms with van der Waals surface area (Å²) >= 11 is 0. The first kappa shape index (κ1) is 13.9. The highest BCUT2D eigenvalue weighted by Crippen LogP contribution is 2.41. The first-order chi connectivity index (χ1) is 10.0. The lowest BCUT2D eigenvalue weighted by molar-refractivity contribution is -0.122. The van der Waals surface area contributed by atoms with E-state index in [0.29, 0.717) is 6.54 Å². The first-order valence-corrected chi connectivity index (χ1v) is 7.14. The molecule has 2 amide bonds. The molecule has 6 heteroatoms. The van der Waals surface area contributed by atoms with Crippen molar-refractivity contribution in [3.63, 3.8) is 0 Å². The monoisotopic (exact) mass is 289 g/mol. The van der Waals surface area contributed by atoms with Crippen molar-refractivity contribution in [2.45, 2.75) is 32.0 Å². The fourth-order valence-electron chi connectivity index (χ4n) is 3.03. The van der Waals surface area contributed by atoms with Gasteiger partial charge in [0, 0.05) is 23.8 Å². The predicted octanol–water partition coefficient (Wildman–Crippen LogP) is 1.26. The highest BCUT2D eigenvalue weighted by Gasteiger charge is 2.47. The van der Waals surface area contributed by atoms with Gasteiger partial charge in [-0.15, -0.1) is 0 Å². The Morgan fingerprint density at radius 1 is 1.33 bits per heavy atom. The number of carbonyl (C=O) groups is 2. The van der Waals surface area contributed by atoms with Crippen LogP contribution in [0.5, 0.6) is 0 Å². The molecule has 0 radical (unpaired) electrons. The van der Waals surface area contributed by atoms with Crippen molar-refractivity contribution in [3.8, 4) is 0 Å². The van der Waals surface area contributed by atoms with Crippen LogP contribution in [-0.2, 0) is 9.53 Å². The number of rotatable bonds is 3. The Bertz CT molecular complexity index is 587. The summed E-state index contributed by atoms with van der Waals surface area (Å²) in [7, 11) is 0. The standard InChI is InChI=1S/C15H19N3O3/c1-9(2)18-12-6-4-3-5-11(12)13(14(18)19)17-8-10(7-16)21-15(17)20/h3-6,9-10,13H,7-8,16H2,1-2H3. The number of nitrogens with two attached hydrogens (primary N) is 1. The van der Waals surface area contributed by atoms with E-state index in [9.17, 15) is 9.59 Å². The Balaban J connectivity index is 2.00. The van der Waals surface area contributed by atoms with Crippen LogP contribution in [0.3, 0.4) is 0 Å². The summed E-state index contributed by atoms with van der Waals surface area (Å²) in [5.41, 5.74) is 7.28. The van der Waals surface area contributed by atoms with Crippen LogP contribution in [-0.4, -0.2) is 42.1 Å². The van der Waals surface area contributed by atoms with Crippen LogP contribution in [0.1, 0.15) is 25.5 Å². The minimum Gasteiger partial charge on any atom is -0.443 e. The average molecular weight is 289 g/mol. The third-order valence-electron chi connectivity index (χ3n) is 3.96. The van der Waals surface area contributed by atoms with Crippen molar-refractivity contribution in [2.24, 2.45) is 5.73 Å². The van der Waals surface area contributed by atoms with E-state index in [2.05, 4.69) is 0 Å². The Hall–Kier alpha value is -2.08. The Kier molecular flexibility index (Phi) is 3.33. The molecule has 2 aliphatic rings. The van der Waals surface area contributed by atoms with Crippen LogP contribution in [0.15, 0.2) is 24.3 Å². The molecule has 0 bridgehead atoms. The molecule has 0 spiro atoms. The second-order valence-corrected chi connectivity index (χ2v) is 5.66. The predicted molar refractivity (Wildman–Crippen MR) is 77.8 cm³/mol. The number of nitrogens with zero attached hydrogens (tertiary/aromatic N) is 2. The van der Waals surface area contributed by atoms with Gasteiger partial charge in [0.2, 0.25) is 0 Å². The van der Waals surface area contributed by atoms with Crippen LogP contribution in [0.4, 0.5) is 10.5 Å². The van der Waals surface area contributed by atoms with E-state index in [1.54, 1.807) is 4.90 Å². The molecule has 112 valence electrons. The molecule has 0 saturated carbocycles. The van der Waals surface area contributed by atoms with Gasteiger partial charge >= 0.3 is 6.09 Å². The van der Waals surface area contributed by atoms with Crippen molar-refractivity contribution in [1.29, 1.82) is 0 Å². The maximum Gasteiger partial charge on any atom is 0.411 e. The molecular weight excluding hydrogens is 270 g/mol. The van der Waals surface area contributed by atoms with E-state index in [1.165, 1.54) is 4.90 Å². The van der Waals surface area contributed by atoms with Gasteiger partial charge in [-0.3, -0.25) is 9.69 Å². The van der Waals surface area contributed by atoms with Crippen LogP contribution < -0.4 is 10.6 Å². The molecule has 1 aromatic rings. The van der Waals surface area contributed by atoms with Crippen molar-refractivity contribution >= 4 is 17.7 Å². The summed E-state index contributed by atoms with van der Waals surface area (Å²) < 4.78 is 5.19. The first-order valence-electron chi connectivity index (χ1n) is 7.14. The maximum absolute atomic E-state index is 12.8. The van der Waals surface area contributed by atoms with E-state index >= 15 is 0 Å². The van der Waals surface area contributed by atoms with Crippen molar-refractivity contribution < 1.29 is 14.3 Å². The number of anilines is 1. The van der Waals surface area contributed by atoms with Gasteiger partial charge in [-0.2, -0.15) is 0 Å². The van der Waals surface area contributed by atoms with E-state index in [1.807, 2.05) is 38.1 Å². The summed E-state index contributed by atoms with van der Waals surface area (Å²) in [6.07, 6.45) is -0.810. The summed E-state index contributed by atoms with van der Waals surface area (Å²) in [6, 6.07) is 7.01. The number of benzene rings is 1. The number of para-hydroxylation sites is 1. The Morgan fingerprint density at radius 2 is 2.05 bits per heavy atom. The van der Waals surface area contributed by atoms with Gasteiger partial charge in [0.05, 0.1) is 6.54 Å². The fourth-order valence-corrected chi connectivity index (χ4v) is 3.03.